The van der Waals surface area contributed by atoms with Gasteiger partial charge in [-0.3, -0.25) is 9.59 Å². The van der Waals surface area contributed by atoms with Crippen LogP contribution >= 0.6 is 0 Å². The molecule has 5 nitrogen and oxygen atoms in total. The van der Waals surface area contributed by atoms with Crippen LogP contribution in [0.1, 0.15) is 47.5 Å². The van der Waals surface area contributed by atoms with Gasteiger partial charge in [0.1, 0.15) is 6.04 Å². The van der Waals surface area contributed by atoms with E-state index in [0.717, 1.165) is 19.5 Å². The van der Waals surface area contributed by atoms with Crippen molar-refractivity contribution in [2.24, 2.45) is 17.8 Å². The van der Waals surface area contributed by atoms with Gasteiger partial charge in [0, 0.05) is 12.5 Å². The van der Waals surface area contributed by atoms with Crippen molar-refractivity contribution in [2.45, 2.75) is 59.5 Å². The summed E-state index contributed by atoms with van der Waals surface area (Å²) in [7, 11) is 0. The van der Waals surface area contributed by atoms with Crippen molar-refractivity contribution in [3.05, 3.63) is 0 Å². The molecule has 1 fully saturated rings. The molecule has 3 unspecified atom stereocenters. The Labute approximate surface area is 128 Å². The van der Waals surface area contributed by atoms with Crippen LogP contribution in [0.4, 0.5) is 0 Å². The van der Waals surface area contributed by atoms with Crippen LogP contribution in [0.25, 0.3) is 0 Å². The summed E-state index contributed by atoms with van der Waals surface area (Å²) in [5, 5.41) is 9.32. The third-order valence-electron chi connectivity index (χ3n) is 3.97. The monoisotopic (exact) mass is 297 g/mol. The van der Waals surface area contributed by atoms with Crippen molar-refractivity contribution < 1.29 is 9.59 Å². The second-order valence-electron chi connectivity index (χ2n) is 6.97. The molecule has 122 valence electrons. The van der Waals surface area contributed by atoms with Crippen LogP contribution in [0.3, 0.4) is 0 Å². The van der Waals surface area contributed by atoms with Gasteiger partial charge in [-0.1, -0.05) is 34.6 Å². The molecule has 21 heavy (non-hydrogen) atoms. The molecule has 0 aromatic carbocycles. The summed E-state index contributed by atoms with van der Waals surface area (Å²) in [4.78, 5) is 24.4. The summed E-state index contributed by atoms with van der Waals surface area (Å²) in [5.74, 6) is 0.698. The van der Waals surface area contributed by atoms with Crippen LogP contribution in [-0.4, -0.2) is 37.0 Å². The van der Waals surface area contributed by atoms with Gasteiger partial charge in [-0.15, -0.1) is 0 Å². The molecular formula is C16H31N3O2. The van der Waals surface area contributed by atoms with Gasteiger partial charge in [-0.2, -0.15) is 0 Å². The summed E-state index contributed by atoms with van der Waals surface area (Å²) >= 11 is 0. The predicted octanol–water partition coefficient (Wildman–Crippen LogP) is 1.29. The van der Waals surface area contributed by atoms with Gasteiger partial charge in [-0.05, 0) is 37.3 Å². The molecule has 0 saturated carbocycles. The molecule has 0 spiro atoms. The zero-order valence-electron chi connectivity index (χ0n) is 14.0. The second kappa shape index (κ2) is 8.37. The first-order valence-corrected chi connectivity index (χ1v) is 8.11. The number of nitrogens with one attached hydrogen (secondary N) is 3. The minimum absolute atomic E-state index is 0.0443. The highest BCUT2D eigenvalue weighted by molar-refractivity contribution is 5.88. The number of hydrogen-bond donors (Lipinski definition) is 3. The van der Waals surface area contributed by atoms with E-state index in [0.29, 0.717) is 18.3 Å². The molecule has 1 aliphatic heterocycles. The summed E-state index contributed by atoms with van der Waals surface area (Å²) < 4.78 is 0. The molecule has 1 saturated heterocycles. The first-order valence-electron chi connectivity index (χ1n) is 8.11. The molecule has 0 radical (unpaired) electrons. The molecule has 5 heteroatoms. The van der Waals surface area contributed by atoms with Crippen molar-refractivity contribution >= 4 is 11.8 Å². The fourth-order valence-electron chi connectivity index (χ4n) is 2.64. The number of carbonyl (C=O) groups excluding carboxylic acids is 2. The Morgan fingerprint density at radius 1 is 1.24 bits per heavy atom. The van der Waals surface area contributed by atoms with E-state index in [1.807, 2.05) is 27.7 Å². The van der Waals surface area contributed by atoms with Crippen LogP contribution in [0.5, 0.6) is 0 Å². The minimum Gasteiger partial charge on any atom is -0.351 e. The highest BCUT2D eigenvalue weighted by Gasteiger charge is 2.29. The highest BCUT2D eigenvalue weighted by Crippen LogP contribution is 2.12. The molecule has 1 heterocycles. The third-order valence-corrected chi connectivity index (χ3v) is 3.97. The molecule has 1 rings (SSSR count). The Morgan fingerprint density at radius 2 is 1.90 bits per heavy atom. The number of piperidine rings is 1. The molecule has 2 amide bonds. The number of amides is 2. The Kier molecular flexibility index (Phi) is 7.15. The Bertz CT molecular complexity index is 355. The lowest BCUT2D eigenvalue weighted by atomic mass is 9.94. The fraction of sp³-hybridized carbons (Fsp3) is 0.875. The van der Waals surface area contributed by atoms with Gasteiger partial charge in [-0.25, -0.2) is 0 Å². The second-order valence-corrected chi connectivity index (χ2v) is 6.97. The van der Waals surface area contributed by atoms with Gasteiger partial charge in [0.15, 0.2) is 0 Å². The number of rotatable bonds is 6. The van der Waals surface area contributed by atoms with E-state index in [1.165, 1.54) is 0 Å². The van der Waals surface area contributed by atoms with Crippen molar-refractivity contribution in [3.63, 3.8) is 0 Å². The first kappa shape index (κ1) is 18.0. The molecule has 0 aliphatic carbocycles. The van der Waals surface area contributed by atoms with Gasteiger partial charge in [0.25, 0.3) is 0 Å². The quantitative estimate of drug-likeness (QED) is 0.692. The lowest BCUT2D eigenvalue weighted by molar-refractivity contribution is -0.131. The van der Waals surface area contributed by atoms with E-state index in [-0.39, 0.29) is 23.8 Å². The van der Waals surface area contributed by atoms with E-state index in [2.05, 4.69) is 22.9 Å². The molecule has 0 aromatic heterocycles. The smallest absolute Gasteiger partial charge is 0.243 e. The zero-order chi connectivity index (χ0) is 16.0. The lowest BCUT2D eigenvalue weighted by Crippen LogP contribution is -2.55. The van der Waals surface area contributed by atoms with Gasteiger partial charge >= 0.3 is 0 Å². The summed E-state index contributed by atoms with van der Waals surface area (Å²) in [6.07, 6.45) is 1.40. The molecular weight excluding hydrogens is 266 g/mol. The SMILES string of the molecule is CC(C)CC(=O)NC(C(=O)NC1CCNCC1C)C(C)C. The molecule has 1 aliphatic rings. The Morgan fingerprint density at radius 3 is 2.43 bits per heavy atom. The van der Waals surface area contributed by atoms with E-state index >= 15 is 0 Å². The average molecular weight is 297 g/mol. The first-order chi connectivity index (χ1) is 9.81. The molecule has 3 N–H and O–H groups in total. The normalized spacial score (nSPS) is 24.0. The lowest BCUT2D eigenvalue weighted by Gasteiger charge is -2.32. The molecule has 0 bridgehead atoms. The van der Waals surface area contributed by atoms with Gasteiger partial charge in [0.2, 0.25) is 11.8 Å². The van der Waals surface area contributed by atoms with E-state index in [1.54, 1.807) is 0 Å². The highest BCUT2D eigenvalue weighted by atomic mass is 16.2. The van der Waals surface area contributed by atoms with E-state index in [9.17, 15) is 9.59 Å². The number of hydrogen-bond acceptors (Lipinski definition) is 3. The maximum Gasteiger partial charge on any atom is 0.243 e. The van der Waals surface area contributed by atoms with Crippen LogP contribution in [0.15, 0.2) is 0 Å². The van der Waals surface area contributed by atoms with E-state index in [4.69, 9.17) is 0 Å². The predicted molar refractivity (Wildman–Crippen MR) is 84.8 cm³/mol. The average Bonchev–Trinajstić information content (AvgIpc) is 2.37. The van der Waals surface area contributed by atoms with Crippen molar-refractivity contribution in [1.29, 1.82) is 0 Å². The van der Waals surface area contributed by atoms with Crippen LogP contribution in [-0.2, 0) is 9.59 Å². The van der Waals surface area contributed by atoms with Crippen LogP contribution < -0.4 is 16.0 Å². The van der Waals surface area contributed by atoms with Crippen molar-refractivity contribution in [2.75, 3.05) is 13.1 Å². The largest absolute Gasteiger partial charge is 0.351 e. The van der Waals surface area contributed by atoms with Crippen LogP contribution in [0.2, 0.25) is 0 Å². The number of carbonyl (C=O) groups is 2. The Balaban J connectivity index is 2.58. The third kappa shape index (κ3) is 6.04. The standard InChI is InChI=1S/C16H31N3O2/c1-10(2)8-14(20)19-15(11(3)4)16(21)18-13-6-7-17-9-12(13)5/h10-13,15,17H,6-9H2,1-5H3,(H,18,21)(H,19,20). The molecule has 0 aromatic rings. The minimum atomic E-state index is -0.446. The van der Waals surface area contributed by atoms with Crippen LogP contribution in [0, 0.1) is 17.8 Å². The molecule has 3 atom stereocenters. The zero-order valence-corrected chi connectivity index (χ0v) is 14.0. The summed E-state index contributed by atoms with van der Waals surface area (Å²) in [6, 6.07) is -0.250. The van der Waals surface area contributed by atoms with Crippen molar-refractivity contribution in [1.82, 2.24) is 16.0 Å². The summed E-state index contributed by atoms with van der Waals surface area (Å²) in [6.45, 7) is 11.9. The maximum atomic E-state index is 12.5. The van der Waals surface area contributed by atoms with Gasteiger partial charge in [0.05, 0.1) is 0 Å². The Hall–Kier alpha value is -1.10. The van der Waals surface area contributed by atoms with E-state index < -0.39 is 6.04 Å². The topological polar surface area (TPSA) is 70.2 Å². The fourth-order valence-corrected chi connectivity index (χ4v) is 2.64. The summed E-state index contributed by atoms with van der Waals surface area (Å²) in [5.41, 5.74) is 0. The van der Waals surface area contributed by atoms with Crippen molar-refractivity contribution in [3.8, 4) is 0 Å². The van der Waals surface area contributed by atoms with Gasteiger partial charge < -0.3 is 16.0 Å². The maximum absolute atomic E-state index is 12.5.